The summed E-state index contributed by atoms with van der Waals surface area (Å²) < 4.78 is 7.01. The molecule has 4 aliphatic rings. The number of nitrogens with one attached hydrogen (secondary N) is 1. The standard InChI is InChI=1S/C21H26N2O2S/c1-21(2)19(13-7-9-23(21)10-8-13)22-20(24)17-12-14-5-6-16-15(18(14)26-17)4-3-11-25-16/h5-6,12-13,19H,3-4,7-11H2,1-2H3,(H,22,24)/t19-/m0/s1. The first-order valence-electron chi connectivity index (χ1n) is 9.78. The van der Waals surface area contributed by atoms with Crippen molar-refractivity contribution < 1.29 is 9.53 Å². The summed E-state index contributed by atoms with van der Waals surface area (Å²) in [6.45, 7) is 7.69. The first-order chi connectivity index (χ1) is 12.5. The van der Waals surface area contributed by atoms with E-state index in [1.807, 2.05) is 0 Å². The number of hydrogen-bond donors (Lipinski definition) is 1. The van der Waals surface area contributed by atoms with Gasteiger partial charge in [-0.3, -0.25) is 9.69 Å². The second-order valence-corrected chi connectivity index (χ2v) is 9.50. The molecule has 138 valence electrons. The van der Waals surface area contributed by atoms with Crippen LogP contribution in [0.25, 0.3) is 10.1 Å². The van der Waals surface area contributed by atoms with Gasteiger partial charge in [-0.25, -0.2) is 0 Å². The summed E-state index contributed by atoms with van der Waals surface area (Å²) >= 11 is 1.62. The number of thiophene rings is 1. The van der Waals surface area contributed by atoms with E-state index in [1.54, 1.807) is 11.3 Å². The molecule has 1 N–H and O–H groups in total. The number of amides is 1. The number of piperidine rings is 3. The Hall–Kier alpha value is -1.59. The Balaban J connectivity index is 1.44. The number of fused-ring (bicyclic) bond motifs is 6. The Morgan fingerprint density at radius 3 is 2.88 bits per heavy atom. The zero-order valence-corrected chi connectivity index (χ0v) is 16.3. The third-order valence-corrected chi connectivity index (χ3v) is 7.88. The SMILES string of the molecule is CC1(C)[C@@H](NC(=O)c2cc3ccc4c(c3s2)CCCO4)C2CCN1CC2. The molecule has 26 heavy (non-hydrogen) atoms. The Kier molecular flexibility index (Phi) is 3.80. The van der Waals surface area contributed by atoms with Gasteiger partial charge in [-0.05, 0) is 82.1 Å². The minimum Gasteiger partial charge on any atom is -0.493 e. The highest BCUT2D eigenvalue weighted by Gasteiger charge is 2.48. The van der Waals surface area contributed by atoms with Crippen LogP contribution in [0.3, 0.4) is 0 Å². The van der Waals surface area contributed by atoms with Gasteiger partial charge in [0.1, 0.15) is 5.75 Å². The van der Waals surface area contributed by atoms with Gasteiger partial charge in [-0.15, -0.1) is 11.3 Å². The largest absolute Gasteiger partial charge is 0.493 e. The van der Waals surface area contributed by atoms with Crippen molar-refractivity contribution in [1.82, 2.24) is 10.2 Å². The van der Waals surface area contributed by atoms with E-state index in [1.165, 1.54) is 36.2 Å². The quantitative estimate of drug-likeness (QED) is 0.874. The molecule has 0 spiro atoms. The number of carbonyl (C=O) groups excluding carboxylic acids is 1. The predicted octanol–water partition coefficient (Wildman–Crippen LogP) is 3.83. The highest BCUT2D eigenvalue weighted by molar-refractivity contribution is 7.21. The van der Waals surface area contributed by atoms with Crippen molar-refractivity contribution in [2.45, 2.75) is 51.1 Å². The lowest BCUT2D eigenvalue weighted by Gasteiger charge is -2.56. The van der Waals surface area contributed by atoms with E-state index in [2.05, 4.69) is 42.3 Å². The minimum absolute atomic E-state index is 0.0422. The van der Waals surface area contributed by atoms with E-state index >= 15 is 0 Å². The summed E-state index contributed by atoms with van der Waals surface area (Å²) in [6, 6.07) is 6.44. The Morgan fingerprint density at radius 2 is 2.12 bits per heavy atom. The van der Waals surface area contributed by atoms with Gasteiger partial charge in [0.25, 0.3) is 5.91 Å². The number of rotatable bonds is 2. The second-order valence-electron chi connectivity index (χ2n) is 8.45. The highest BCUT2D eigenvalue weighted by atomic mass is 32.1. The van der Waals surface area contributed by atoms with E-state index in [0.29, 0.717) is 5.92 Å². The molecule has 2 bridgehead atoms. The van der Waals surface area contributed by atoms with Crippen molar-refractivity contribution in [2.75, 3.05) is 19.7 Å². The van der Waals surface area contributed by atoms with Gasteiger partial charge >= 0.3 is 0 Å². The molecule has 4 nitrogen and oxygen atoms in total. The maximum absolute atomic E-state index is 13.1. The molecule has 2 aromatic rings. The molecule has 0 aliphatic carbocycles. The lowest BCUT2D eigenvalue weighted by atomic mass is 9.72. The van der Waals surface area contributed by atoms with Gasteiger partial charge in [0, 0.05) is 21.8 Å². The van der Waals surface area contributed by atoms with Crippen LogP contribution in [0.15, 0.2) is 18.2 Å². The maximum atomic E-state index is 13.1. The summed E-state index contributed by atoms with van der Waals surface area (Å²) in [4.78, 5) is 16.4. The van der Waals surface area contributed by atoms with E-state index in [9.17, 15) is 4.79 Å². The van der Waals surface area contributed by atoms with Crippen molar-refractivity contribution in [3.63, 3.8) is 0 Å². The molecular weight excluding hydrogens is 344 g/mol. The Labute approximate surface area is 158 Å². The molecule has 0 saturated carbocycles. The molecular formula is C21H26N2O2S. The predicted molar refractivity (Wildman–Crippen MR) is 105 cm³/mol. The fourth-order valence-corrected chi connectivity index (χ4v) is 6.28. The molecule has 1 amide bonds. The Bertz CT molecular complexity index is 864. The Morgan fingerprint density at radius 1 is 1.31 bits per heavy atom. The monoisotopic (exact) mass is 370 g/mol. The summed E-state index contributed by atoms with van der Waals surface area (Å²) in [5.74, 6) is 1.69. The first kappa shape index (κ1) is 16.6. The lowest BCUT2D eigenvalue weighted by molar-refractivity contribution is -0.0377. The number of aryl methyl sites for hydroxylation is 1. The third kappa shape index (κ3) is 2.48. The van der Waals surface area contributed by atoms with E-state index in [0.717, 1.165) is 35.5 Å². The number of nitrogens with zero attached hydrogens (tertiary/aromatic N) is 1. The molecule has 5 heteroatoms. The average Bonchev–Trinajstić information content (AvgIpc) is 3.10. The smallest absolute Gasteiger partial charge is 0.261 e. The van der Waals surface area contributed by atoms with E-state index in [4.69, 9.17) is 4.74 Å². The van der Waals surface area contributed by atoms with Crippen LogP contribution in [-0.2, 0) is 6.42 Å². The average molecular weight is 371 g/mol. The first-order valence-corrected chi connectivity index (χ1v) is 10.6. The molecule has 1 aromatic carbocycles. The summed E-state index contributed by atoms with van der Waals surface area (Å²) in [5.41, 5.74) is 1.32. The van der Waals surface area contributed by atoms with Crippen LogP contribution < -0.4 is 10.1 Å². The third-order valence-electron chi connectivity index (χ3n) is 6.67. The lowest BCUT2D eigenvalue weighted by Crippen LogP contribution is -2.69. The number of hydrogen-bond acceptors (Lipinski definition) is 4. The summed E-state index contributed by atoms with van der Waals surface area (Å²) in [7, 11) is 0. The molecule has 0 unspecified atom stereocenters. The normalized spacial score (nSPS) is 29.2. The van der Waals surface area contributed by atoms with Gasteiger partial charge in [-0.2, -0.15) is 0 Å². The fraction of sp³-hybridized carbons (Fsp3) is 0.571. The highest BCUT2D eigenvalue weighted by Crippen LogP contribution is 2.40. The van der Waals surface area contributed by atoms with Crippen molar-refractivity contribution >= 4 is 27.3 Å². The molecule has 6 rings (SSSR count). The van der Waals surface area contributed by atoms with E-state index < -0.39 is 0 Å². The van der Waals surface area contributed by atoms with Crippen LogP contribution in [0.1, 0.15) is 48.3 Å². The van der Waals surface area contributed by atoms with Crippen LogP contribution in [0.4, 0.5) is 0 Å². The zero-order valence-electron chi connectivity index (χ0n) is 15.5. The molecule has 5 heterocycles. The molecule has 0 radical (unpaired) electrons. The molecule has 1 atom stereocenters. The number of benzene rings is 1. The van der Waals surface area contributed by atoms with Crippen LogP contribution >= 0.6 is 11.3 Å². The molecule has 3 fully saturated rings. The van der Waals surface area contributed by atoms with Crippen LogP contribution in [-0.4, -0.2) is 42.1 Å². The van der Waals surface area contributed by atoms with Gasteiger partial charge in [0.2, 0.25) is 0 Å². The van der Waals surface area contributed by atoms with Gasteiger partial charge in [-0.1, -0.05) is 0 Å². The molecule has 1 aromatic heterocycles. The molecule has 4 aliphatic heterocycles. The van der Waals surface area contributed by atoms with Crippen molar-refractivity contribution in [3.8, 4) is 5.75 Å². The fourth-order valence-electron chi connectivity index (χ4n) is 5.15. The van der Waals surface area contributed by atoms with Crippen LogP contribution in [0.5, 0.6) is 5.75 Å². The van der Waals surface area contributed by atoms with Crippen molar-refractivity contribution in [1.29, 1.82) is 0 Å². The van der Waals surface area contributed by atoms with Gasteiger partial charge in [0.15, 0.2) is 0 Å². The number of ether oxygens (including phenoxy) is 1. The van der Waals surface area contributed by atoms with Crippen LogP contribution in [0, 0.1) is 5.92 Å². The topological polar surface area (TPSA) is 41.6 Å². The molecule has 3 saturated heterocycles. The maximum Gasteiger partial charge on any atom is 0.261 e. The second kappa shape index (κ2) is 5.96. The van der Waals surface area contributed by atoms with E-state index in [-0.39, 0.29) is 17.5 Å². The summed E-state index contributed by atoms with van der Waals surface area (Å²) in [6.07, 6.45) is 4.50. The van der Waals surface area contributed by atoms with Gasteiger partial charge < -0.3 is 10.1 Å². The van der Waals surface area contributed by atoms with Crippen molar-refractivity contribution in [3.05, 3.63) is 28.6 Å². The minimum atomic E-state index is 0.0422. The van der Waals surface area contributed by atoms with Gasteiger partial charge in [0.05, 0.1) is 11.5 Å². The van der Waals surface area contributed by atoms with Crippen molar-refractivity contribution in [2.24, 2.45) is 5.92 Å². The summed E-state index contributed by atoms with van der Waals surface area (Å²) in [5, 5.41) is 4.56. The zero-order chi connectivity index (χ0) is 17.9. The number of carbonyl (C=O) groups is 1. The van der Waals surface area contributed by atoms with Crippen LogP contribution in [0.2, 0.25) is 0 Å².